The summed E-state index contributed by atoms with van der Waals surface area (Å²) in [4.78, 5) is 14.4. The number of nitrogens with one attached hydrogen (secondary N) is 1. The van der Waals surface area contributed by atoms with E-state index < -0.39 is 5.60 Å². The molecule has 0 saturated carbocycles. The highest BCUT2D eigenvalue weighted by atomic mass is 16.5. The van der Waals surface area contributed by atoms with Crippen LogP contribution in [0.1, 0.15) is 29.5 Å². The Labute approximate surface area is 154 Å². The summed E-state index contributed by atoms with van der Waals surface area (Å²) >= 11 is 0. The molecule has 2 heterocycles. The van der Waals surface area contributed by atoms with E-state index in [2.05, 4.69) is 16.3 Å². The van der Waals surface area contributed by atoms with E-state index in [-0.39, 0.29) is 12.5 Å². The van der Waals surface area contributed by atoms with Crippen LogP contribution in [0, 0.1) is 6.92 Å². The second-order valence-electron chi connectivity index (χ2n) is 7.13. The first-order chi connectivity index (χ1) is 12.6. The number of hydrogen-bond donors (Lipinski definition) is 2. The zero-order valence-electron chi connectivity index (χ0n) is 15.3. The minimum absolute atomic E-state index is 0.0975. The minimum Gasteiger partial charge on any atom is -0.393 e. The molecular formula is C20H27N3O3. The van der Waals surface area contributed by atoms with Crippen molar-refractivity contribution < 1.29 is 14.6 Å². The van der Waals surface area contributed by atoms with E-state index in [1.165, 1.54) is 5.56 Å². The lowest BCUT2D eigenvalue weighted by Crippen LogP contribution is -2.56. The van der Waals surface area contributed by atoms with Crippen molar-refractivity contribution in [2.24, 2.45) is 0 Å². The van der Waals surface area contributed by atoms with E-state index in [4.69, 9.17) is 4.74 Å². The minimum atomic E-state index is -0.716. The topological polar surface area (TPSA) is 78.5 Å². The zero-order chi connectivity index (χ0) is 18.4. The molecule has 1 aliphatic rings. The Morgan fingerprint density at radius 2 is 2.31 bits per heavy atom. The van der Waals surface area contributed by atoms with Crippen LogP contribution in [-0.4, -0.2) is 58.0 Å². The van der Waals surface area contributed by atoms with Crippen LogP contribution in [0.3, 0.4) is 0 Å². The smallest absolute Gasteiger partial charge is 0.222 e. The van der Waals surface area contributed by atoms with Crippen molar-refractivity contribution in [1.82, 2.24) is 15.1 Å². The van der Waals surface area contributed by atoms with Crippen LogP contribution in [0.2, 0.25) is 0 Å². The van der Waals surface area contributed by atoms with Gasteiger partial charge in [0, 0.05) is 25.6 Å². The summed E-state index contributed by atoms with van der Waals surface area (Å²) < 4.78 is 5.95. The Balaban J connectivity index is 1.58. The van der Waals surface area contributed by atoms with Gasteiger partial charge in [0.05, 0.1) is 26.0 Å². The summed E-state index contributed by atoms with van der Waals surface area (Å²) in [7, 11) is 0. The molecule has 0 spiro atoms. The number of nitrogens with zero attached hydrogens (tertiary/aromatic N) is 2. The molecule has 6 nitrogen and oxygen atoms in total. The van der Waals surface area contributed by atoms with Gasteiger partial charge in [-0.15, -0.1) is 0 Å². The number of amides is 1. The fraction of sp³-hybridized carbons (Fsp3) is 0.500. The Bertz CT molecular complexity index is 717. The Kier molecular flexibility index (Phi) is 6.06. The van der Waals surface area contributed by atoms with Crippen molar-refractivity contribution in [2.75, 3.05) is 26.3 Å². The highest BCUT2D eigenvalue weighted by Crippen LogP contribution is 2.24. The van der Waals surface area contributed by atoms with Crippen LogP contribution in [0.25, 0.3) is 0 Å². The summed E-state index contributed by atoms with van der Waals surface area (Å²) in [5.74, 6) is 0.124. The number of H-pyrrole nitrogens is 1. The molecule has 3 rings (SSSR count). The number of carbonyl (C=O) groups excluding carboxylic acids is 1. The van der Waals surface area contributed by atoms with Gasteiger partial charge in [0.15, 0.2) is 0 Å². The number of rotatable bonds is 7. The quantitative estimate of drug-likeness (QED) is 0.793. The number of aliphatic hydroxyl groups is 1. The number of carbonyl (C=O) groups is 1. The van der Waals surface area contributed by atoms with Gasteiger partial charge in [-0.2, -0.15) is 5.10 Å². The maximum atomic E-state index is 12.6. The zero-order valence-corrected chi connectivity index (χ0v) is 15.3. The molecule has 1 aliphatic heterocycles. The van der Waals surface area contributed by atoms with Gasteiger partial charge in [-0.05, 0) is 30.9 Å². The summed E-state index contributed by atoms with van der Waals surface area (Å²) in [5.41, 5.74) is 2.70. The van der Waals surface area contributed by atoms with Crippen molar-refractivity contribution in [3.05, 3.63) is 53.3 Å². The molecule has 2 aromatic rings. The van der Waals surface area contributed by atoms with E-state index in [1.807, 2.05) is 36.2 Å². The number of aliphatic hydroxyl groups excluding tert-OH is 1. The third-order valence-electron chi connectivity index (χ3n) is 4.91. The van der Waals surface area contributed by atoms with Crippen molar-refractivity contribution in [3.63, 3.8) is 0 Å². The van der Waals surface area contributed by atoms with Crippen molar-refractivity contribution in [2.45, 2.75) is 38.2 Å². The molecule has 0 radical (unpaired) electrons. The van der Waals surface area contributed by atoms with Gasteiger partial charge in [0.25, 0.3) is 0 Å². The second kappa shape index (κ2) is 8.47. The Morgan fingerprint density at radius 3 is 3.04 bits per heavy atom. The van der Waals surface area contributed by atoms with Gasteiger partial charge in [-0.3, -0.25) is 9.89 Å². The lowest BCUT2D eigenvalue weighted by Gasteiger charge is -2.42. The van der Waals surface area contributed by atoms with Gasteiger partial charge in [0.1, 0.15) is 5.60 Å². The fourth-order valence-electron chi connectivity index (χ4n) is 3.53. The summed E-state index contributed by atoms with van der Waals surface area (Å²) in [5, 5.41) is 16.7. The van der Waals surface area contributed by atoms with Gasteiger partial charge in [0.2, 0.25) is 5.91 Å². The first-order valence-electron chi connectivity index (χ1n) is 9.16. The van der Waals surface area contributed by atoms with E-state index >= 15 is 0 Å². The second-order valence-corrected chi connectivity index (χ2v) is 7.13. The SMILES string of the molecule is Cc1cccc(C[C@@]2(CO)CN(C(=O)CCCc3cn[nH]c3)CCO2)c1. The maximum absolute atomic E-state index is 12.6. The summed E-state index contributed by atoms with van der Waals surface area (Å²) in [6.45, 7) is 3.42. The fourth-order valence-corrected chi connectivity index (χ4v) is 3.53. The molecule has 1 saturated heterocycles. The van der Waals surface area contributed by atoms with Crippen molar-refractivity contribution in [1.29, 1.82) is 0 Å². The van der Waals surface area contributed by atoms with E-state index in [0.717, 1.165) is 24.0 Å². The molecule has 6 heteroatoms. The van der Waals surface area contributed by atoms with E-state index in [0.29, 0.717) is 32.5 Å². The molecule has 0 unspecified atom stereocenters. The molecule has 26 heavy (non-hydrogen) atoms. The monoisotopic (exact) mass is 357 g/mol. The van der Waals surface area contributed by atoms with Crippen LogP contribution in [0.15, 0.2) is 36.7 Å². The molecule has 0 bridgehead atoms. The molecule has 0 aliphatic carbocycles. The van der Waals surface area contributed by atoms with Crippen molar-refractivity contribution in [3.8, 4) is 0 Å². The number of aromatic nitrogens is 2. The normalized spacial score (nSPS) is 20.3. The Hall–Kier alpha value is -2.18. The number of benzene rings is 1. The Morgan fingerprint density at radius 1 is 1.42 bits per heavy atom. The summed E-state index contributed by atoms with van der Waals surface area (Å²) in [6.07, 6.45) is 6.37. The first-order valence-corrected chi connectivity index (χ1v) is 9.16. The number of aryl methyl sites for hydroxylation is 2. The average Bonchev–Trinajstić information content (AvgIpc) is 3.15. The maximum Gasteiger partial charge on any atom is 0.222 e. The predicted molar refractivity (Wildman–Crippen MR) is 98.8 cm³/mol. The van der Waals surface area contributed by atoms with Gasteiger partial charge in [-0.25, -0.2) is 0 Å². The third-order valence-corrected chi connectivity index (χ3v) is 4.91. The molecule has 1 fully saturated rings. The number of morpholine rings is 1. The largest absolute Gasteiger partial charge is 0.393 e. The predicted octanol–water partition coefficient (Wildman–Crippen LogP) is 1.87. The van der Waals surface area contributed by atoms with E-state index in [1.54, 1.807) is 6.20 Å². The molecule has 140 valence electrons. The average molecular weight is 357 g/mol. The van der Waals surface area contributed by atoms with E-state index in [9.17, 15) is 9.90 Å². The third kappa shape index (κ3) is 4.71. The van der Waals surface area contributed by atoms with Crippen LogP contribution in [0.5, 0.6) is 0 Å². The molecule has 1 atom stereocenters. The highest BCUT2D eigenvalue weighted by molar-refractivity contribution is 5.76. The summed E-state index contributed by atoms with van der Waals surface area (Å²) in [6, 6.07) is 8.20. The lowest BCUT2D eigenvalue weighted by molar-refractivity contribution is -0.158. The van der Waals surface area contributed by atoms with Gasteiger partial charge < -0.3 is 14.7 Å². The van der Waals surface area contributed by atoms with Gasteiger partial charge >= 0.3 is 0 Å². The van der Waals surface area contributed by atoms with Gasteiger partial charge in [-0.1, -0.05) is 29.8 Å². The standard InChI is InChI=1S/C20H27N3O3/c1-16-4-2-5-17(10-16)11-20(15-24)14-23(8-9-26-20)19(25)7-3-6-18-12-21-22-13-18/h2,4-5,10,12-13,24H,3,6-9,11,14-15H2,1H3,(H,21,22)/t20-/m0/s1. The van der Waals surface area contributed by atoms with Crippen LogP contribution < -0.4 is 0 Å². The van der Waals surface area contributed by atoms with Crippen molar-refractivity contribution >= 4 is 5.91 Å². The van der Waals surface area contributed by atoms with Crippen LogP contribution in [-0.2, 0) is 22.4 Å². The number of hydrogen-bond acceptors (Lipinski definition) is 4. The van der Waals surface area contributed by atoms with Crippen LogP contribution in [0.4, 0.5) is 0 Å². The molecular weight excluding hydrogens is 330 g/mol. The molecule has 1 aromatic carbocycles. The molecule has 1 aromatic heterocycles. The first kappa shape index (κ1) is 18.6. The lowest BCUT2D eigenvalue weighted by atomic mass is 9.92. The number of aromatic amines is 1. The molecule has 2 N–H and O–H groups in total. The highest BCUT2D eigenvalue weighted by Gasteiger charge is 2.38. The number of ether oxygens (including phenoxy) is 1. The van der Waals surface area contributed by atoms with Crippen LogP contribution >= 0.6 is 0 Å². The molecule has 1 amide bonds.